The van der Waals surface area contributed by atoms with Crippen molar-refractivity contribution in [3.8, 4) is 17.3 Å². The number of aromatic nitrogens is 4. The fourth-order valence-electron chi connectivity index (χ4n) is 5.33. The Morgan fingerprint density at radius 2 is 2.12 bits per heavy atom. The van der Waals surface area contributed by atoms with Gasteiger partial charge in [-0.15, -0.1) is 22.6 Å². The molecule has 1 aliphatic carbocycles. The summed E-state index contributed by atoms with van der Waals surface area (Å²) in [7, 11) is 3.75. The molecule has 1 unspecified atom stereocenters. The van der Waals surface area contributed by atoms with Crippen LogP contribution in [0.2, 0.25) is 0 Å². The number of fused-ring (bicyclic) bond motifs is 2. The van der Waals surface area contributed by atoms with E-state index in [0.29, 0.717) is 11.2 Å². The van der Waals surface area contributed by atoms with Gasteiger partial charge in [0.15, 0.2) is 17.3 Å². The zero-order valence-electron chi connectivity index (χ0n) is 19.5. The van der Waals surface area contributed by atoms with Gasteiger partial charge < -0.3 is 18.6 Å². The minimum absolute atomic E-state index is 0. The first-order valence-corrected chi connectivity index (χ1v) is 12.4. The van der Waals surface area contributed by atoms with Crippen molar-refractivity contribution in [2.24, 2.45) is 7.05 Å². The first kappa shape index (κ1) is 24.1. The number of aryl methyl sites for hydroxylation is 2. The average Bonchev–Trinajstić information content (AvgIpc) is 3.51. The van der Waals surface area contributed by atoms with Crippen LogP contribution >= 0.6 is 24.2 Å². The number of hydrogen-bond acceptors (Lipinski definition) is 7. The number of benzene rings is 1. The SMILES string of the molecule is COc1ccc2c(c1)C1(CCC2)CCN(CCCSc2nnc(-c3ocnc3C)n2C)C1.Cl. The maximum absolute atomic E-state index is 5.53. The van der Waals surface area contributed by atoms with Gasteiger partial charge in [-0.3, -0.25) is 0 Å². The Labute approximate surface area is 205 Å². The lowest BCUT2D eigenvalue weighted by molar-refractivity contribution is 0.293. The largest absolute Gasteiger partial charge is 0.497 e. The minimum Gasteiger partial charge on any atom is -0.497 e. The van der Waals surface area contributed by atoms with Crippen LogP contribution in [0.1, 0.15) is 42.5 Å². The second kappa shape index (κ2) is 10.1. The lowest BCUT2D eigenvalue weighted by atomic mass is 9.69. The molecule has 0 bridgehead atoms. The van der Waals surface area contributed by atoms with E-state index in [9.17, 15) is 0 Å². The van der Waals surface area contributed by atoms with Gasteiger partial charge in [0, 0.05) is 24.8 Å². The van der Waals surface area contributed by atoms with Crippen LogP contribution < -0.4 is 4.74 Å². The van der Waals surface area contributed by atoms with Crippen molar-refractivity contribution in [2.75, 3.05) is 32.5 Å². The molecule has 0 N–H and O–H groups in total. The van der Waals surface area contributed by atoms with E-state index in [1.165, 1.54) is 49.7 Å². The summed E-state index contributed by atoms with van der Waals surface area (Å²) in [6.07, 6.45) is 7.63. The molecule has 0 amide bonds. The van der Waals surface area contributed by atoms with Gasteiger partial charge in [-0.1, -0.05) is 17.8 Å². The van der Waals surface area contributed by atoms with E-state index in [0.717, 1.165) is 47.7 Å². The Kier molecular flexibility index (Phi) is 7.36. The predicted octanol–water partition coefficient (Wildman–Crippen LogP) is 4.67. The van der Waals surface area contributed by atoms with Gasteiger partial charge in [0.1, 0.15) is 5.75 Å². The highest BCUT2D eigenvalue weighted by Gasteiger charge is 2.42. The first-order valence-electron chi connectivity index (χ1n) is 11.4. The number of likely N-dealkylation sites (tertiary alicyclic amines) is 1. The van der Waals surface area contributed by atoms with Crippen LogP contribution in [0.25, 0.3) is 11.6 Å². The van der Waals surface area contributed by atoms with E-state index in [-0.39, 0.29) is 12.4 Å². The highest BCUT2D eigenvalue weighted by Crippen LogP contribution is 2.45. The summed E-state index contributed by atoms with van der Waals surface area (Å²) in [5.41, 5.74) is 4.20. The van der Waals surface area contributed by atoms with Gasteiger partial charge >= 0.3 is 0 Å². The van der Waals surface area contributed by atoms with Gasteiger partial charge in [-0.05, 0) is 75.4 Å². The maximum Gasteiger partial charge on any atom is 0.202 e. The molecule has 3 heterocycles. The summed E-state index contributed by atoms with van der Waals surface area (Å²) in [5, 5.41) is 9.58. The number of oxazole rings is 1. The van der Waals surface area contributed by atoms with Crippen molar-refractivity contribution in [3.05, 3.63) is 41.4 Å². The van der Waals surface area contributed by atoms with Gasteiger partial charge in [-0.25, -0.2) is 4.98 Å². The third-order valence-corrected chi connectivity index (χ3v) is 8.16. The summed E-state index contributed by atoms with van der Waals surface area (Å²) in [4.78, 5) is 6.80. The van der Waals surface area contributed by atoms with E-state index < -0.39 is 0 Å². The van der Waals surface area contributed by atoms with Crippen molar-refractivity contribution in [1.29, 1.82) is 0 Å². The third kappa shape index (κ3) is 4.66. The fourth-order valence-corrected chi connectivity index (χ4v) is 6.16. The van der Waals surface area contributed by atoms with E-state index in [1.807, 2.05) is 18.5 Å². The quantitative estimate of drug-likeness (QED) is 0.352. The van der Waals surface area contributed by atoms with E-state index >= 15 is 0 Å². The Morgan fingerprint density at radius 3 is 2.91 bits per heavy atom. The molecule has 1 aliphatic heterocycles. The summed E-state index contributed by atoms with van der Waals surface area (Å²) >= 11 is 1.76. The van der Waals surface area contributed by atoms with Crippen LogP contribution in [-0.4, -0.2) is 57.1 Å². The number of nitrogens with zero attached hydrogens (tertiary/aromatic N) is 5. The molecule has 5 rings (SSSR count). The molecule has 2 aromatic heterocycles. The zero-order valence-corrected chi connectivity index (χ0v) is 21.2. The van der Waals surface area contributed by atoms with Crippen molar-refractivity contribution >= 4 is 24.2 Å². The number of ether oxygens (including phenoxy) is 1. The lowest BCUT2D eigenvalue weighted by Crippen LogP contribution is -2.35. The highest BCUT2D eigenvalue weighted by atomic mass is 35.5. The van der Waals surface area contributed by atoms with Crippen LogP contribution in [0.5, 0.6) is 5.75 Å². The molecular weight excluding hydrogens is 458 g/mol. The van der Waals surface area contributed by atoms with Gasteiger partial charge in [0.2, 0.25) is 5.82 Å². The average molecular weight is 490 g/mol. The zero-order chi connectivity index (χ0) is 22.1. The lowest BCUT2D eigenvalue weighted by Gasteiger charge is -2.36. The molecule has 0 saturated carbocycles. The van der Waals surface area contributed by atoms with Crippen molar-refractivity contribution in [1.82, 2.24) is 24.6 Å². The van der Waals surface area contributed by atoms with Crippen LogP contribution in [0.4, 0.5) is 0 Å². The number of halogens is 1. The molecule has 9 heteroatoms. The van der Waals surface area contributed by atoms with E-state index in [1.54, 1.807) is 18.9 Å². The second-order valence-corrected chi connectivity index (χ2v) is 10.1. The van der Waals surface area contributed by atoms with Crippen molar-refractivity contribution < 1.29 is 9.15 Å². The van der Waals surface area contributed by atoms with Crippen LogP contribution in [0, 0.1) is 6.92 Å². The first-order chi connectivity index (χ1) is 15.6. The summed E-state index contributed by atoms with van der Waals surface area (Å²) in [6.45, 7) is 5.39. The molecule has 1 fully saturated rings. The molecule has 178 valence electrons. The van der Waals surface area contributed by atoms with Crippen molar-refractivity contribution in [3.63, 3.8) is 0 Å². The molecule has 1 saturated heterocycles. The minimum atomic E-state index is 0. The van der Waals surface area contributed by atoms with Crippen LogP contribution in [0.15, 0.2) is 34.2 Å². The Balaban J connectivity index is 0.00000259. The standard InChI is InChI=1S/C24H31N5O2S.ClH/c1-17-21(31-16-25-17)22-26-27-23(28(22)2)32-13-5-11-29-12-10-24(15-29)9-4-6-18-7-8-19(30-3)14-20(18)24;/h7-8,14,16H,4-6,9-13,15H2,1-3H3;1H. The van der Waals surface area contributed by atoms with Crippen LogP contribution in [-0.2, 0) is 18.9 Å². The molecule has 7 nitrogen and oxygen atoms in total. The highest BCUT2D eigenvalue weighted by molar-refractivity contribution is 7.99. The Morgan fingerprint density at radius 1 is 1.24 bits per heavy atom. The molecular formula is C24H32ClN5O2S. The Bertz CT molecular complexity index is 1100. The topological polar surface area (TPSA) is 69.2 Å². The molecule has 0 radical (unpaired) electrons. The van der Waals surface area contributed by atoms with E-state index in [2.05, 4.69) is 38.3 Å². The van der Waals surface area contributed by atoms with Gasteiger partial charge in [0.05, 0.1) is 12.8 Å². The molecule has 2 aliphatic rings. The van der Waals surface area contributed by atoms with Gasteiger partial charge in [-0.2, -0.15) is 0 Å². The normalized spacial score (nSPS) is 20.1. The molecule has 1 aromatic carbocycles. The molecule has 1 atom stereocenters. The number of methoxy groups -OCH3 is 1. The number of hydrogen-bond donors (Lipinski definition) is 0. The van der Waals surface area contributed by atoms with Crippen molar-refractivity contribution in [2.45, 2.75) is 49.6 Å². The molecule has 1 spiro atoms. The predicted molar refractivity (Wildman–Crippen MR) is 132 cm³/mol. The fraction of sp³-hybridized carbons (Fsp3) is 0.542. The molecule has 3 aromatic rings. The number of rotatable bonds is 7. The number of thioether (sulfide) groups is 1. The van der Waals surface area contributed by atoms with Crippen LogP contribution in [0.3, 0.4) is 0 Å². The molecule has 33 heavy (non-hydrogen) atoms. The smallest absolute Gasteiger partial charge is 0.202 e. The third-order valence-electron chi connectivity index (χ3n) is 7.06. The van der Waals surface area contributed by atoms with Gasteiger partial charge in [0.25, 0.3) is 0 Å². The monoisotopic (exact) mass is 489 g/mol. The second-order valence-electron chi connectivity index (χ2n) is 9.02. The summed E-state index contributed by atoms with van der Waals surface area (Å²) < 4.78 is 13.0. The van der Waals surface area contributed by atoms with E-state index in [4.69, 9.17) is 9.15 Å². The Hall–Kier alpha value is -2.03. The summed E-state index contributed by atoms with van der Waals surface area (Å²) in [5.74, 6) is 3.44. The summed E-state index contributed by atoms with van der Waals surface area (Å²) in [6, 6.07) is 6.70. The maximum atomic E-state index is 5.53.